The molecule has 140 valence electrons. The summed E-state index contributed by atoms with van der Waals surface area (Å²) in [6.07, 6.45) is 1.10. The molecule has 2 amide bonds. The minimum absolute atomic E-state index is 0.120. The van der Waals surface area contributed by atoms with Crippen molar-refractivity contribution < 1.29 is 9.59 Å². The van der Waals surface area contributed by atoms with E-state index in [1.807, 2.05) is 24.3 Å². The molecule has 1 fully saturated rings. The van der Waals surface area contributed by atoms with E-state index in [0.717, 1.165) is 38.3 Å². The lowest BCUT2D eigenvalue weighted by molar-refractivity contribution is -0.127. The van der Waals surface area contributed by atoms with Crippen LogP contribution in [-0.2, 0) is 16.0 Å². The van der Waals surface area contributed by atoms with Crippen molar-refractivity contribution in [2.75, 3.05) is 45.1 Å². The summed E-state index contributed by atoms with van der Waals surface area (Å²) >= 11 is 0. The smallest absolute Gasteiger partial charge is 0.232 e. The third-order valence-corrected chi connectivity index (χ3v) is 4.95. The largest absolute Gasteiger partial charge is 0.340 e. The highest BCUT2D eigenvalue weighted by Crippen LogP contribution is 2.14. The molecule has 1 atom stereocenters. The van der Waals surface area contributed by atoms with Crippen LogP contribution >= 0.6 is 0 Å². The third kappa shape index (κ3) is 4.60. The van der Waals surface area contributed by atoms with Crippen molar-refractivity contribution in [1.29, 1.82) is 0 Å². The van der Waals surface area contributed by atoms with Crippen LogP contribution in [0.5, 0.6) is 0 Å². The van der Waals surface area contributed by atoms with Crippen molar-refractivity contribution in [2.45, 2.75) is 19.8 Å². The van der Waals surface area contributed by atoms with Gasteiger partial charge in [-0.2, -0.15) is 0 Å². The second-order valence-corrected chi connectivity index (χ2v) is 6.94. The van der Waals surface area contributed by atoms with Gasteiger partial charge in [0, 0.05) is 38.3 Å². The molecule has 7 heteroatoms. The molecule has 1 unspecified atom stereocenters. The van der Waals surface area contributed by atoms with E-state index in [1.54, 1.807) is 0 Å². The van der Waals surface area contributed by atoms with Gasteiger partial charge in [-0.3, -0.25) is 19.9 Å². The highest BCUT2D eigenvalue weighted by Gasteiger charge is 2.29. The van der Waals surface area contributed by atoms with Crippen molar-refractivity contribution in [2.24, 2.45) is 10.9 Å². The molecule has 2 N–H and O–H groups in total. The van der Waals surface area contributed by atoms with Crippen LogP contribution in [-0.4, -0.2) is 67.3 Å². The maximum atomic E-state index is 12.4. The maximum absolute atomic E-state index is 12.4. The highest BCUT2D eigenvalue weighted by atomic mass is 16.2. The van der Waals surface area contributed by atoms with E-state index < -0.39 is 5.92 Å². The Morgan fingerprint density at radius 3 is 2.54 bits per heavy atom. The van der Waals surface area contributed by atoms with E-state index >= 15 is 0 Å². The van der Waals surface area contributed by atoms with Gasteiger partial charge in [0.2, 0.25) is 17.8 Å². The molecule has 1 aromatic carbocycles. The van der Waals surface area contributed by atoms with E-state index in [-0.39, 0.29) is 18.2 Å². The van der Waals surface area contributed by atoms with E-state index in [9.17, 15) is 9.59 Å². The molecule has 0 bridgehead atoms. The van der Waals surface area contributed by atoms with Crippen LogP contribution in [0.25, 0.3) is 0 Å². The number of benzene rings is 1. The number of amides is 2. The Morgan fingerprint density at radius 2 is 1.92 bits per heavy atom. The van der Waals surface area contributed by atoms with Crippen LogP contribution in [0.15, 0.2) is 29.3 Å². The van der Waals surface area contributed by atoms with Gasteiger partial charge in [-0.25, -0.2) is 0 Å². The fourth-order valence-corrected chi connectivity index (χ4v) is 3.15. The number of piperazine rings is 1. The number of carbonyl (C=O) groups is 2. The van der Waals surface area contributed by atoms with E-state index in [4.69, 9.17) is 0 Å². The minimum Gasteiger partial charge on any atom is -0.340 e. The van der Waals surface area contributed by atoms with Crippen molar-refractivity contribution in [3.8, 4) is 0 Å². The Hall–Kier alpha value is -2.41. The first-order valence-corrected chi connectivity index (χ1v) is 9.22. The number of nitrogens with zero attached hydrogens (tertiary/aromatic N) is 3. The lowest BCUT2D eigenvalue weighted by Gasteiger charge is -2.36. The SMILES string of the molecule is CCc1ccc(NC(=O)CC2CN=C(N3CCN(C)CC3)NC2=O)cc1. The number of rotatable bonds is 4. The Labute approximate surface area is 154 Å². The molecule has 2 aliphatic rings. The van der Waals surface area contributed by atoms with E-state index in [2.05, 4.69) is 39.4 Å². The third-order valence-electron chi connectivity index (χ3n) is 4.95. The second-order valence-electron chi connectivity index (χ2n) is 6.94. The fourth-order valence-electron chi connectivity index (χ4n) is 3.15. The van der Waals surface area contributed by atoms with Crippen LogP contribution < -0.4 is 10.6 Å². The molecule has 0 aliphatic carbocycles. The molecule has 7 nitrogen and oxygen atoms in total. The predicted molar refractivity (Wildman–Crippen MR) is 102 cm³/mol. The number of aliphatic imine (C=N–C) groups is 1. The molecular formula is C19H27N5O2. The summed E-state index contributed by atoms with van der Waals surface area (Å²) in [5.41, 5.74) is 1.98. The maximum Gasteiger partial charge on any atom is 0.232 e. The second kappa shape index (κ2) is 8.31. The molecule has 3 rings (SSSR count). The molecule has 0 aromatic heterocycles. The van der Waals surface area contributed by atoms with Crippen molar-refractivity contribution in [1.82, 2.24) is 15.1 Å². The molecule has 26 heavy (non-hydrogen) atoms. The number of hydrogen-bond acceptors (Lipinski definition) is 5. The van der Waals surface area contributed by atoms with Crippen LogP contribution in [0.4, 0.5) is 5.69 Å². The molecule has 2 heterocycles. The average Bonchev–Trinajstić information content (AvgIpc) is 2.64. The number of aryl methyl sites for hydroxylation is 1. The minimum atomic E-state index is -0.416. The Balaban J connectivity index is 1.52. The Kier molecular flexibility index (Phi) is 5.88. The highest BCUT2D eigenvalue weighted by molar-refractivity contribution is 6.02. The molecule has 0 radical (unpaired) electrons. The van der Waals surface area contributed by atoms with E-state index in [1.165, 1.54) is 5.56 Å². The quantitative estimate of drug-likeness (QED) is 0.840. The van der Waals surface area contributed by atoms with Gasteiger partial charge < -0.3 is 15.1 Å². The van der Waals surface area contributed by atoms with Crippen molar-refractivity contribution in [3.05, 3.63) is 29.8 Å². The molecule has 1 aromatic rings. The first kappa shape index (κ1) is 18.4. The summed E-state index contributed by atoms with van der Waals surface area (Å²) in [5, 5.41) is 5.73. The molecular weight excluding hydrogens is 330 g/mol. The predicted octanol–water partition coefficient (Wildman–Crippen LogP) is 0.927. The van der Waals surface area contributed by atoms with Gasteiger partial charge >= 0.3 is 0 Å². The summed E-state index contributed by atoms with van der Waals surface area (Å²) < 4.78 is 0. The zero-order valence-electron chi connectivity index (χ0n) is 15.5. The van der Waals surface area contributed by atoms with Crippen LogP contribution in [0.3, 0.4) is 0 Å². The first-order valence-electron chi connectivity index (χ1n) is 9.22. The normalized spacial score (nSPS) is 21.2. The topological polar surface area (TPSA) is 77.0 Å². The lowest BCUT2D eigenvalue weighted by atomic mass is 10.0. The average molecular weight is 357 g/mol. The fraction of sp³-hybridized carbons (Fsp3) is 0.526. The Bertz CT molecular complexity index is 678. The van der Waals surface area contributed by atoms with Crippen molar-refractivity contribution in [3.63, 3.8) is 0 Å². The van der Waals surface area contributed by atoms with Gasteiger partial charge in [0.25, 0.3) is 0 Å². The molecule has 0 saturated carbocycles. The summed E-state index contributed by atoms with van der Waals surface area (Å²) in [4.78, 5) is 33.5. The monoisotopic (exact) mass is 357 g/mol. The lowest BCUT2D eigenvalue weighted by Crippen LogP contribution is -2.55. The number of nitrogens with one attached hydrogen (secondary N) is 2. The van der Waals surface area contributed by atoms with Crippen molar-refractivity contribution >= 4 is 23.5 Å². The van der Waals surface area contributed by atoms with Gasteiger partial charge in [0.1, 0.15) is 0 Å². The van der Waals surface area contributed by atoms with Gasteiger partial charge in [-0.05, 0) is 31.2 Å². The van der Waals surface area contributed by atoms with Crippen LogP contribution in [0, 0.1) is 5.92 Å². The number of guanidine groups is 1. The molecule has 1 saturated heterocycles. The first-order chi connectivity index (χ1) is 12.5. The number of anilines is 1. The van der Waals surface area contributed by atoms with Gasteiger partial charge in [-0.1, -0.05) is 19.1 Å². The van der Waals surface area contributed by atoms with Crippen LogP contribution in [0.2, 0.25) is 0 Å². The molecule has 0 spiro atoms. The standard InChI is InChI=1S/C19H27N5O2/c1-3-14-4-6-16(7-5-14)21-17(25)12-15-13-20-19(22-18(15)26)24-10-8-23(2)9-11-24/h4-7,15H,3,8-13H2,1-2H3,(H,21,25)(H,20,22,26). The van der Waals surface area contributed by atoms with Gasteiger partial charge in [0.15, 0.2) is 0 Å². The zero-order chi connectivity index (χ0) is 18.5. The number of hydrogen-bond donors (Lipinski definition) is 2. The van der Waals surface area contributed by atoms with Crippen LogP contribution in [0.1, 0.15) is 18.9 Å². The van der Waals surface area contributed by atoms with Gasteiger partial charge in [-0.15, -0.1) is 0 Å². The summed E-state index contributed by atoms with van der Waals surface area (Å²) in [6.45, 7) is 6.07. The summed E-state index contributed by atoms with van der Waals surface area (Å²) in [6, 6.07) is 7.77. The van der Waals surface area contributed by atoms with Gasteiger partial charge in [0.05, 0.1) is 12.5 Å². The van der Waals surface area contributed by atoms with E-state index in [0.29, 0.717) is 12.5 Å². The summed E-state index contributed by atoms with van der Waals surface area (Å²) in [7, 11) is 2.09. The number of likely N-dealkylation sites (N-methyl/N-ethyl adjacent to an activating group) is 1. The molecule has 2 aliphatic heterocycles. The Morgan fingerprint density at radius 1 is 1.23 bits per heavy atom. The summed E-state index contributed by atoms with van der Waals surface area (Å²) in [5.74, 6) is -0.0471. The number of carbonyl (C=O) groups excluding carboxylic acids is 2. The zero-order valence-corrected chi connectivity index (χ0v) is 15.5.